The van der Waals surface area contributed by atoms with Gasteiger partial charge in [-0.05, 0) is 24.1 Å². The summed E-state index contributed by atoms with van der Waals surface area (Å²) in [5.74, 6) is -0.171. The second-order valence-electron chi connectivity index (χ2n) is 3.27. The van der Waals surface area contributed by atoms with Crippen molar-refractivity contribution in [1.82, 2.24) is 0 Å². The topological polar surface area (TPSA) is 80.4 Å². The molecule has 86 valence electrons. The molecule has 1 rings (SSSR count). The molecule has 1 unspecified atom stereocenters. The number of carbonyl (C=O) groups excluding carboxylic acids is 1. The SMILES string of the molecule is CC(=O)C(Br)c1cc([N+](=O)[O-])ccc1CO. The van der Waals surface area contributed by atoms with Crippen LogP contribution in [-0.4, -0.2) is 15.8 Å². The lowest BCUT2D eigenvalue weighted by atomic mass is 10.0. The van der Waals surface area contributed by atoms with E-state index in [0.29, 0.717) is 11.1 Å². The van der Waals surface area contributed by atoms with Crippen LogP contribution in [0.2, 0.25) is 0 Å². The van der Waals surface area contributed by atoms with Gasteiger partial charge in [0.25, 0.3) is 5.69 Å². The molecule has 1 N–H and O–H groups in total. The highest BCUT2D eigenvalue weighted by Crippen LogP contribution is 2.30. The molecule has 0 fully saturated rings. The van der Waals surface area contributed by atoms with Gasteiger partial charge in [0.2, 0.25) is 0 Å². The number of Topliss-reactive ketones (excluding diaryl/α,β-unsaturated/α-hetero) is 1. The molecule has 1 aromatic carbocycles. The van der Waals surface area contributed by atoms with Crippen LogP contribution in [0.1, 0.15) is 22.9 Å². The van der Waals surface area contributed by atoms with Crippen LogP contribution in [0.3, 0.4) is 0 Å². The number of rotatable bonds is 4. The first-order valence-electron chi connectivity index (χ1n) is 4.50. The van der Waals surface area contributed by atoms with E-state index in [4.69, 9.17) is 5.11 Å². The van der Waals surface area contributed by atoms with E-state index < -0.39 is 9.75 Å². The number of halogens is 1. The predicted molar refractivity (Wildman–Crippen MR) is 61.4 cm³/mol. The summed E-state index contributed by atoms with van der Waals surface area (Å²) in [6, 6.07) is 4.05. The summed E-state index contributed by atoms with van der Waals surface area (Å²) in [7, 11) is 0. The zero-order valence-electron chi connectivity index (χ0n) is 8.51. The third kappa shape index (κ3) is 2.65. The average molecular weight is 288 g/mol. The van der Waals surface area contributed by atoms with Gasteiger partial charge < -0.3 is 5.11 Å². The average Bonchev–Trinajstić information content (AvgIpc) is 2.26. The second-order valence-corrected chi connectivity index (χ2v) is 4.19. The molecule has 0 aliphatic heterocycles. The van der Waals surface area contributed by atoms with Crippen molar-refractivity contribution in [2.24, 2.45) is 0 Å². The Morgan fingerprint density at radius 1 is 1.62 bits per heavy atom. The lowest BCUT2D eigenvalue weighted by Gasteiger charge is -2.10. The minimum absolute atomic E-state index is 0.0992. The minimum atomic E-state index is -0.630. The summed E-state index contributed by atoms with van der Waals surface area (Å²) in [6.45, 7) is 1.11. The summed E-state index contributed by atoms with van der Waals surface area (Å²) in [5.41, 5.74) is 0.838. The number of aliphatic hydroxyl groups excluding tert-OH is 1. The van der Waals surface area contributed by atoms with Crippen LogP contribution in [0, 0.1) is 10.1 Å². The molecule has 0 aliphatic carbocycles. The smallest absolute Gasteiger partial charge is 0.269 e. The summed E-state index contributed by atoms with van der Waals surface area (Å²) < 4.78 is 0. The van der Waals surface area contributed by atoms with E-state index >= 15 is 0 Å². The zero-order chi connectivity index (χ0) is 12.3. The standard InChI is InChI=1S/C10H10BrNO4/c1-6(14)10(11)9-4-8(12(15)16)3-2-7(9)5-13/h2-4,10,13H,5H2,1H3. The summed E-state index contributed by atoms with van der Waals surface area (Å²) in [4.78, 5) is 20.6. The van der Waals surface area contributed by atoms with Crippen LogP contribution < -0.4 is 0 Å². The lowest BCUT2D eigenvalue weighted by Crippen LogP contribution is -2.05. The first-order valence-corrected chi connectivity index (χ1v) is 5.41. The van der Waals surface area contributed by atoms with Crippen LogP contribution in [0.5, 0.6) is 0 Å². The van der Waals surface area contributed by atoms with Gasteiger partial charge in [-0.2, -0.15) is 0 Å². The maximum atomic E-state index is 11.2. The number of aliphatic hydroxyl groups is 1. The third-order valence-corrected chi connectivity index (χ3v) is 3.28. The van der Waals surface area contributed by atoms with Gasteiger partial charge in [0.05, 0.1) is 16.4 Å². The number of nitro groups is 1. The number of hydrogen-bond acceptors (Lipinski definition) is 4. The number of alkyl halides is 1. The molecule has 0 heterocycles. The molecule has 0 saturated heterocycles. The number of carbonyl (C=O) groups is 1. The van der Waals surface area contributed by atoms with Gasteiger partial charge in [-0.15, -0.1) is 0 Å². The monoisotopic (exact) mass is 287 g/mol. The fraction of sp³-hybridized carbons (Fsp3) is 0.300. The van der Waals surface area contributed by atoms with E-state index in [1.165, 1.54) is 25.1 Å². The maximum Gasteiger partial charge on any atom is 0.269 e. The molecule has 0 spiro atoms. The maximum absolute atomic E-state index is 11.2. The molecule has 0 saturated carbocycles. The van der Waals surface area contributed by atoms with Crippen molar-refractivity contribution in [2.75, 3.05) is 0 Å². The first-order chi connectivity index (χ1) is 7.47. The highest BCUT2D eigenvalue weighted by atomic mass is 79.9. The van der Waals surface area contributed by atoms with Gasteiger partial charge in [-0.3, -0.25) is 14.9 Å². The lowest BCUT2D eigenvalue weighted by molar-refractivity contribution is -0.384. The number of nitrogens with zero attached hydrogens (tertiary/aromatic N) is 1. The van der Waals surface area contributed by atoms with E-state index in [9.17, 15) is 14.9 Å². The quantitative estimate of drug-likeness (QED) is 0.522. The molecule has 0 aliphatic rings. The van der Waals surface area contributed by atoms with Crippen molar-refractivity contribution >= 4 is 27.4 Å². The normalized spacial score (nSPS) is 12.2. The molecular formula is C10H10BrNO4. The van der Waals surface area contributed by atoms with Crippen LogP contribution >= 0.6 is 15.9 Å². The molecule has 5 nitrogen and oxygen atoms in total. The van der Waals surface area contributed by atoms with Crippen molar-refractivity contribution in [1.29, 1.82) is 0 Å². The number of nitro benzene ring substituents is 1. The predicted octanol–water partition coefficient (Wildman–Crippen LogP) is 2.11. The zero-order valence-corrected chi connectivity index (χ0v) is 10.1. The van der Waals surface area contributed by atoms with Crippen LogP contribution in [-0.2, 0) is 11.4 Å². The largest absolute Gasteiger partial charge is 0.392 e. The molecule has 0 radical (unpaired) electrons. The minimum Gasteiger partial charge on any atom is -0.392 e. The molecule has 1 aromatic rings. The molecule has 1 atom stereocenters. The molecular weight excluding hydrogens is 278 g/mol. The van der Waals surface area contributed by atoms with E-state index in [2.05, 4.69) is 15.9 Å². The molecule has 16 heavy (non-hydrogen) atoms. The van der Waals surface area contributed by atoms with Crippen molar-refractivity contribution in [3.8, 4) is 0 Å². The molecule has 0 bridgehead atoms. The Balaban J connectivity index is 3.27. The van der Waals surface area contributed by atoms with Gasteiger partial charge in [0.1, 0.15) is 5.78 Å². The van der Waals surface area contributed by atoms with E-state index in [1.54, 1.807) is 0 Å². The molecule has 0 amide bonds. The Hall–Kier alpha value is -1.27. The van der Waals surface area contributed by atoms with Crippen molar-refractivity contribution in [2.45, 2.75) is 18.4 Å². The fourth-order valence-electron chi connectivity index (χ4n) is 1.29. The Kier molecular flexibility index (Phi) is 4.14. The van der Waals surface area contributed by atoms with Gasteiger partial charge >= 0.3 is 0 Å². The Labute approximate surface area is 100 Å². The van der Waals surface area contributed by atoms with Crippen molar-refractivity contribution < 1.29 is 14.8 Å². The van der Waals surface area contributed by atoms with Gasteiger partial charge in [-0.1, -0.05) is 15.9 Å². The van der Waals surface area contributed by atoms with E-state index in [1.807, 2.05) is 0 Å². The van der Waals surface area contributed by atoms with Crippen LogP contribution in [0.4, 0.5) is 5.69 Å². The third-order valence-electron chi connectivity index (χ3n) is 2.14. The summed E-state index contributed by atoms with van der Waals surface area (Å²) >= 11 is 3.14. The Bertz CT molecular complexity index is 433. The van der Waals surface area contributed by atoms with Crippen LogP contribution in [0.15, 0.2) is 18.2 Å². The van der Waals surface area contributed by atoms with E-state index in [-0.39, 0.29) is 18.1 Å². The fourth-order valence-corrected chi connectivity index (χ4v) is 1.72. The first kappa shape index (κ1) is 12.8. The van der Waals surface area contributed by atoms with Gasteiger partial charge in [0, 0.05) is 12.1 Å². The van der Waals surface area contributed by atoms with E-state index in [0.717, 1.165) is 0 Å². The Morgan fingerprint density at radius 3 is 2.69 bits per heavy atom. The number of ketones is 1. The highest BCUT2D eigenvalue weighted by molar-refractivity contribution is 9.09. The van der Waals surface area contributed by atoms with Crippen molar-refractivity contribution in [3.05, 3.63) is 39.4 Å². The van der Waals surface area contributed by atoms with Crippen molar-refractivity contribution in [3.63, 3.8) is 0 Å². The second kappa shape index (κ2) is 5.18. The number of non-ortho nitro benzene ring substituents is 1. The summed E-state index contributed by atoms with van der Waals surface area (Å²) in [6.07, 6.45) is 0. The molecule has 6 heteroatoms. The van der Waals surface area contributed by atoms with Crippen LogP contribution in [0.25, 0.3) is 0 Å². The highest BCUT2D eigenvalue weighted by Gasteiger charge is 2.19. The Morgan fingerprint density at radius 2 is 2.25 bits per heavy atom. The number of benzene rings is 1. The molecule has 0 aromatic heterocycles. The van der Waals surface area contributed by atoms with Gasteiger partial charge in [-0.25, -0.2) is 0 Å². The summed E-state index contributed by atoms with van der Waals surface area (Å²) in [5, 5.41) is 19.7. The number of hydrogen-bond donors (Lipinski definition) is 1. The van der Waals surface area contributed by atoms with Gasteiger partial charge in [0.15, 0.2) is 0 Å².